The molecule has 0 fully saturated rings. The molecule has 0 aromatic rings. The van der Waals surface area contributed by atoms with Gasteiger partial charge in [-0.05, 0) is 0 Å². The second-order valence-electron chi connectivity index (χ2n) is 0.716. The normalized spacial score (nSPS) is 9.60. The van der Waals surface area contributed by atoms with Crippen molar-refractivity contribution in [1.82, 2.24) is 5.06 Å². The summed E-state index contributed by atoms with van der Waals surface area (Å²) >= 11 is 0. The molecule has 0 atom stereocenters. The van der Waals surface area contributed by atoms with Crippen LogP contribution < -0.4 is 0 Å². The summed E-state index contributed by atoms with van der Waals surface area (Å²) in [6, 6.07) is 0. The van der Waals surface area contributed by atoms with E-state index in [-0.39, 0.29) is 0 Å². The van der Waals surface area contributed by atoms with E-state index in [1.165, 1.54) is 0 Å². The zero-order chi connectivity index (χ0) is 4.28. The van der Waals surface area contributed by atoms with Gasteiger partial charge in [-0.25, -0.2) is 0 Å². The Morgan fingerprint density at radius 2 is 2.20 bits per heavy atom. The minimum Gasteiger partial charge on any atom is -0.313 e. The molecular weight excluding hydrogens is 66.0 g/mol. The molecule has 29 valence electrons. The van der Waals surface area contributed by atoms with E-state index < -0.39 is 0 Å². The highest BCUT2D eigenvalue weighted by Gasteiger charge is 1.76. The van der Waals surface area contributed by atoms with Gasteiger partial charge in [0.15, 0.2) is 0 Å². The fraction of sp³-hybridized carbons (Fsp3) is 0.667. The van der Waals surface area contributed by atoms with Crippen LogP contribution in [0, 0.1) is 7.05 Å². The lowest BCUT2D eigenvalue weighted by atomic mass is 10.8. The van der Waals surface area contributed by atoms with E-state index in [1.807, 2.05) is 0 Å². The molecule has 0 aromatic carbocycles. The minimum absolute atomic E-state index is 0.361. The molecule has 0 saturated heterocycles. The van der Waals surface area contributed by atoms with Crippen LogP contribution in [0.2, 0.25) is 0 Å². The first-order chi connectivity index (χ1) is 2.27. The van der Waals surface area contributed by atoms with Gasteiger partial charge in [0.2, 0.25) is 0 Å². The molecule has 5 heavy (non-hydrogen) atoms. The van der Waals surface area contributed by atoms with Crippen LogP contribution in [0.1, 0.15) is 6.92 Å². The topological polar surface area (TPSA) is 23.5 Å². The summed E-state index contributed by atoms with van der Waals surface area (Å²) in [5.74, 6) is 0. The summed E-state index contributed by atoms with van der Waals surface area (Å²) in [5.41, 5.74) is 0. The van der Waals surface area contributed by atoms with Crippen molar-refractivity contribution < 1.29 is 5.21 Å². The highest BCUT2D eigenvalue weighted by atomic mass is 16.5. The standard InChI is InChI=1S/C3H6NO/c1-3-4(2)5/h5H,3H2,1H3. The monoisotopic (exact) mass is 72.0 g/mol. The Morgan fingerprint density at radius 1 is 2.00 bits per heavy atom. The van der Waals surface area contributed by atoms with Gasteiger partial charge in [-0.1, -0.05) is 6.92 Å². The van der Waals surface area contributed by atoms with Gasteiger partial charge in [0.05, 0.1) is 0 Å². The zero-order valence-electron chi connectivity index (χ0n) is 3.10. The van der Waals surface area contributed by atoms with Gasteiger partial charge >= 0.3 is 0 Å². The number of hydroxylamine groups is 2. The van der Waals surface area contributed by atoms with Crippen LogP contribution in [0.25, 0.3) is 0 Å². The van der Waals surface area contributed by atoms with Crippen LogP contribution in [0.15, 0.2) is 0 Å². The first-order valence-corrected chi connectivity index (χ1v) is 1.45. The number of hydrogen-bond donors (Lipinski definition) is 1. The van der Waals surface area contributed by atoms with E-state index in [0.29, 0.717) is 11.6 Å². The Balaban J connectivity index is 2.54. The van der Waals surface area contributed by atoms with Crippen LogP contribution in [0.4, 0.5) is 0 Å². The summed E-state index contributed by atoms with van der Waals surface area (Å²) in [6.45, 7) is 2.05. The molecule has 0 aliphatic heterocycles. The first-order valence-electron chi connectivity index (χ1n) is 1.45. The average Bonchev–Trinajstić information content (AvgIpc) is 1.38. The molecule has 0 aliphatic rings. The second-order valence-corrected chi connectivity index (χ2v) is 0.716. The Labute approximate surface area is 32.0 Å². The maximum Gasteiger partial charge on any atom is 0.120 e. The molecular formula is C3H6NO. The van der Waals surface area contributed by atoms with Gasteiger partial charge in [-0.15, -0.1) is 0 Å². The van der Waals surface area contributed by atoms with Gasteiger partial charge in [0, 0.05) is 6.54 Å². The van der Waals surface area contributed by atoms with E-state index in [4.69, 9.17) is 12.3 Å². The third kappa shape index (κ3) is 3.92. The Kier molecular flexibility index (Phi) is 2.14. The van der Waals surface area contributed by atoms with Crippen LogP contribution in [0.5, 0.6) is 0 Å². The zero-order valence-corrected chi connectivity index (χ0v) is 3.10. The molecule has 2 nitrogen and oxygen atoms in total. The van der Waals surface area contributed by atoms with Gasteiger partial charge in [-0.3, -0.25) is 0 Å². The fourth-order valence-electron chi connectivity index (χ4n) is 0. The second kappa shape index (κ2) is 2.18. The van der Waals surface area contributed by atoms with Crippen LogP contribution in [-0.2, 0) is 0 Å². The van der Waals surface area contributed by atoms with Crippen molar-refractivity contribution in [3.8, 4) is 0 Å². The molecule has 0 unspecified atom stereocenters. The third-order valence-electron chi connectivity index (χ3n) is 0.300. The molecule has 0 spiro atoms. The number of rotatable bonds is 1. The van der Waals surface area contributed by atoms with Gasteiger partial charge in [0.25, 0.3) is 0 Å². The van der Waals surface area contributed by atoms with Crippen molar-refractivity contribution in [2.75, 3.05) is 6.54 Å². The molecule has 0 bridgehead atoms. The molecule has 2 heteroatoms. The molecule has 0 amide bonds. The maximum absolute atomic E-state index is 7.86. The van der Waals surface area contributed by atoms with E-state index in [1.54, 1.807) is 6.92 Å². The van der Waals surface area contributed by atoms with E-state index in [9.17, 15) is 0 Å². The lowest BCUT2D eigenvalue weighted by Crippen LogP contribution is -2.06. The highest BCUT2D eigenvalue weighted by Crippen LogP contribution is 1.66. The summed E-state index contributed by atoms with van der Waals surface area (Å²) < 4.78 is 0. The predicted octanol–water partition coefficient (Wildman–Crippen LogP) is 0.243. The lowest BCUT2D eigenvalue weighted by molar-refractivity contribution is -0.0393. The molecule has 0 saturated carbocycles. The summed E-state index contributed by atoms with van der Waals surface area (Å²) in [6.07, 6.45) is 0. The van der Waals surface area contributed by atoms with Crippen molar-refractivity contribution >= 4 is 0 Å². The van der Waals surface area contributed by atoms with E-state index >= 15 is 0 Å². The lowest BCUT2D eigenvalue weighted by Gasteiger charge is -1.96. The SMILES string of the molecule is [C]N(O)CC. The largest absolute Gasteiger partial charge is 0.313 e. The van der Waals surface area contributed by atoms with Gasteiger partial charge in [0.1, 0.15) is 7.05 Å². The average molecular weight is 72.1 g/mol. The molecule has 1 N–H and O–H groups in total. The molecule has 0 rings (SSSR count). The Bertz CT molecular complexity index is 20.9. The van der Waals surface area contributed by atoms with Gasteiger partial charge in [-0.2, -0.15) is 5.06 Å². The van der Waals surface area contributed by atoms with Crippen LogP contribution in [0.3, 0.4) is 0 Å². The quantitative estimate of drug-likeness (QED) is 0.448. The van der Waals surface area contributed by atoms with E-state index in [0.717, 1.165) is 0 Å². The number of nitrogens with zero attached hydrogens (tertiary/aromatic N) is 1. The highest BCUT2D eigenvalue weighted by molar-refractivity contribution is 4.24. The van der Waals surface area contributed by atoms with Crippen molar-refractivity contribution in [3.63, 3.8) is 0 Å². The number of hydrogen-bond acceptors (Lipinski definition) is 2. The van der Waals surface area contributed by atoms with Crippen molar-refractivity contribution in [2.45, 2.75) is 6.92 Å². The maximum atomic E-state index is 7.86. The van der Waals surface area contributed by atoms with Crippen LogP contribution in [-0.4, -0.2) is 16.8 Å². The molecule has 0 aromatic heterocycles. The summed E-state index contributed by atoms with van der Waals surface area (Å²) in [7, 11) is 6.22. The van der Waals surface area contributed by atoms with Crippen molar-refractivity contribution in [2.24, 2.45) is 0 Å². The smallest absolute Gasteiger partial charge is 0.120 e. The fourth-order valence-corrected chi connectivity index (χ4v) is 0. The summed E-state index contributed by atoms with van der Waals surface area (Å²) in [5, 5.41) is 8.24. The van der Waals surface area contributed by atoms with E-state index in [2.05, 4.69) is 0 Å². The molecule has 0 heterocycles. The molecule has 0 aliphatic carbocycles. The third-order valence-corrected chi connectivity index (χ3v) is 0.300. The van der Waals surface area contributed by atoms with Crippen molar-refractivity contribution in [3.05, 3.63) is 7.05 Å². The Hall–Kier alpha value is -0.0800. The minimum atomic E-state index is 0.361. The summed E-state index contributed by atoms with van der Waals surface area (Å²) in [4.78, 5) is 0. The van der Waals surface area contributed by atoms with Gasteiger partial charge < -0.3 is 5.21 Å². The predicted molar refractivity (Wildman–Crippen MR) is 17.4 cm³/mol. The van der Waals surface area contributed by atoms with Crippen LogP contribution >= 0.6 is 0 Å². The Morgan fingerprint density at radius 3 is 2.20 bits per heavy atom. The first kappa shape index (κ1) is 4.92. The molecule has 3 radical (unpaired) electrons. The van der Waals surface area contributed by atoms with Crippen molar-refractivity contribution in [1.29, 1.82) is 0 Å².